The van der Waals surface area contributed by atoms with Gasteiger partial charge >= 0.3 is 5.97 Å². The molecule has 2 rings (SSSR count). The van der Waals surface area contributed by atoms with Crippen LogP contribution in [0, 0.1) is 6.92 Å². The monoisotopic (exact) mass is 348 g/mol. The van der Waals surface area contributed by atoms with Crippen molar-refractivity contribution in [3.8, 4) is 5.75 Å². The predicted octanol–water partition coefficient (Wildman–Crippen LogP) is 3.50. The normalized spacial score (nSPS) is 10.2. The molecule has 0 aliphatic heterocycles. The molecular formula is C16H13BrO4. The molecule has 0 amide bonds. The van der Waals surface area contributed by atoms with E-state index in [4.69, 9.17) is 4.74 Å². The number of esters is 1. The Bertz CT molecular complexity index is 694. The molecule has 0 bridgehead atoms. The summed E-state index contributed by atoms with van der Waals surface area (Å²) in [6.45, 7) is 1.42. The van der Waals surface area contributed by atoms with Crippen molar-refractivity contribution in [1.82, 2.24) is 0 Å². The number of phenols is 1. The number of ketones is 1. The SMILES string of the molecule is Cc1ccc(O)c(C(=O)OCC(=O)c2cccc(Br)c2)c1. The lowest BCUT2D eigenvalue weighted by atomic mass is 10.1. The quantitative estimate of drug-likeness (QED) is 0.678. The summed E-state index contributed by atoms with van der Waals surface area (Å²) < 4.78 is 5.73. The number of ether oxygens (including phenoxy) is 1. The van der Waals surface area contributed by atoms with Gasteiger partial charge in [0.05, 0.1) is 0 Å². The molecule has 0 spiro atoms. The van der Waals surface area contributed by atoms with Gasteiger partial charge in [-0.1, -0.05) is 39.7 Å². The van der Waals surface area contributed by atoms with Crippen molar-refractivity contribution in [3.05, 3.63) is 63.6 Å². The number of phenolic OH excluding ortho intramolecular Hbond substituents is 1. The van der Waals surface area contributed by atoms with Gasteiger partial charge in [-0.2, -0.15) is 0 Å². The summed E-state index contributed by atoms with van der Waals surface area (Å²) in [6.07, 6.45) is 0. The first-order valence-corrected chi connectivity index (χ1v) is 7.02. The van der Waals surface area contributed by atoms with E-state index in [9.17, 15) is 14.7 Å². The van der Waals surface area contributed by atoms with E-state index in [-0.39, 0.29) is 23.7 Å². The third-order valence-corrected chi connectivity index (χ3v) is 3.35. The molecule has 0 heterocycles. The summed E-state index contributed by atoms with van der Waals surface area (Å²) >= 11 is 3.27. The fourth-order valence-corrected chi connectivity index (χ4v) is 2.17. The molecule has 0 saturated carbocycles. The molecule has 0 saturated heterocycles. The van der Waals surface area contributed by atoms with Gasteiger partial charge < -0.3 is 9.84 Å². The van der Waals surface area contributed by atoms with Gasteiger partial charge in [0, 0.05) is 10.0 Å². The second kappa shape index (κ2) is 6.54. The number of benzene rings is 2. The molecule has 0 unspecified atom stereocenters. The Morgan fingerprint density at radius 1 is 1.19 bits per heavy atom. The highest BCUT2D eigenvalue weighted by Crippen LogP contribution is 2.19. The van der Waals surface area contributed by atoms with Crippen LogP contribution in [-0.4, -0.2) is 23.5 Å². The third kappa shape index (κ3) is 3.92. The lowest BCUT2D eigenvalue weighted by Crippen LogP contribution is -2.14. The number of hydrogen-bond donors (Lipinski definition) is 1. The van der Waals surface area contributed by atoms with Gasteiger partial charge in [0.2, 0.25) is 0 Å². The van der Waals surface area contributed by atoms with Crippen LogP contribution in [0.2, 0.25) is 0 Å². The molecular weight excluding hydrogens is 336 g/mol. The zero-order chi connectivity index (χ0) is 15.4. The molecule has 2 aromatic rings. The average molecular weight is 349 g/mol. The summed E-state index contributed by atoms with van der Waals surface area (Å²) in [6, 6.07) is 11.4. The standard InChI is InChI=1S/C16H13BrO4/c1-10-5-6-14(18)13(7-10)16(20)21-9-15(19)11-3-2-4-12(17)8-11/h2-8,18H,9H2,1H3. The molecule has 0 atom stereocenters. The third-order valence-electron chi connectivity index (χ3n) is 2.85. The van der Waals surface area contributed by atoms with E-state index in [1.54, 1.807) is 37.3 Å². The van der Waals surface area contributed by atoms with Crippen molar-refractivity contribution in [2.75, 3.05) is 6.61 Å². The molecule has 5 heteroatoms. The Balaban J connectivity index is 2.04. The summed E-state index contributed by atoms with van der Waals surface area (Å²) in [4.78, 5) is 23.8. The van der Waals surface area contributed by atoms with Gasteiger partial charge in [-0.05, 0) is 31.2 Å². The molecule has 0 fully saturated rings. The van der Waals surface area contributed by atoms with Crippen LogP contribution >= 0.6 is 15.9 Å². The predicted molar refractivity (Wildman–Crippen MR) is 81.6 cm³/mol. The molecule has 0 aromatic heterocycles. The van der Waals surface area contributed by atoms with Crippen molar-refractivity contribution in [3.63, 3.8) is 0 Å². The van der Waals surface area contributed by atoms with Crippen molar-refractivity contribution >= 4 is 27.7 Å². The summed E-state index contributed by atoms with van der Waals surface area (Å²) in [5, 5.41) is 9.63. The van der Waals surface area contributed by atoms with Crippen molar-refractivity contribution in [2.45, 2.75) is 6.92 Å². The zero-order valence-electron chi connectivity index (χ0n) is 11.3. The van der Waals surface area contributed by atoms with E-state index in [2.05, 4.69) is 15.9 Å². The average Bonchev–Trinajstić information content (AvgIpc) is 2.47. The highest BCUT2D eigenvalue weighted by atomic mass is 79.9. The van der Waals surface area contributed by atoms with Crippen molar-refractivity contribution in [2.24, 2.45) is 0 Å². The van der Waals surface area contributed by atoms with Crippen LogP contribution in [0.4, 0.5) is 0 Å². The molecule has 108 valence electrons. The molecule has 0 aliphatic rings. The van der Waals surface area contributed by atoms with Gasteiger partial charge in [0.25, 0.3) is 0 Å². The maximum Gasteiger partial charge on any atom is 0.342 e. The number of rotatable bonds is 4. The van der Waals surface area contributed by atoms with Crippen LogP contribution in [-0.2, 0) is 4.74 Å². The fraction of sp³-hybridized carbons (Fsp3) is 0.125. The van der Waals surface area contributed by atoms with Gasteiger partial charge in [-0.25, -0.2) is 4.79 Å². The first kappa shape index (κ1) is 15.3. The maximum absolute atomic E-state index is 11.9. The van der Waals surface area contributed by atoms with E-state index in [0.29, 0.717) is 5.56 Å². The van der Waals surface area contributed by atoms with E-state index in [1.165, 1.54) is 12.1 Å². The van der Waals surface area contributed by atoms with E-state index < -0.39 is 5.97 Å². The van der Waals surface area contributed by atoms with Crippen molar-refractivity contribution in [1.29, 1.82) is 0 Å². The van der Waals surface area contributed by atoms with Gasteiger partial charge in [0.15, 0.2) is 12.4 Å². The van der Waals surface area contributed by atoms with Crippen LogP contribution in [0.15, 0.2) is 46.9 Å². The number of aryl methyl sites for hydroxylation is 1. The smallest absolute Gasteiger partial charge is 0.342 e. The molecule has 0 radical (unpaired) electrons. The van der Waals surface area contributed by atoms with Gasteiger partial charge in [0.1, 0.15) is 11.3 Å². The highest BCUT2D eigenvalue weighted by Gasteiger charge is 2.15. The summed E-state index contributed by atoms with van der Waals surface area (Å²) in [5.41, 5.74) is 1.32. The maximum atomic E-state index is 11.9. The summed E-state index contributed by atoms with van der Waals surface area (Å²) in [7, 11) is 0. The van der Waals surface area contributed by atoms with Crippen LogP contribution in [0.3, 0.4) is 0 Å². The lowest BCUT2D eigenvalue weighted by Gasteiger charge is -2.07. The minimum Gasteiger partial charge on any atom is -0.507 e. The molecule has 2 aromatic carbocycles. The van der Waals surface area contributed by atoms with Crippen LogP contribution in [0.25, 0.3) is 0 Å². The molecule has 4 nitrogen and oxygen atoms in total. The number of hydrogen-bond acceptors (Lipinski definition) is 4. The molecule has 1 N–H and O–H groups in total. The number of Topliss-reactive ketones (excluding diaryl/α,β-unsaturated/α-hetero) is 1. The van der Waals surface area contributed by atoms with Gasteiger partial charge in [-0.15, -0.1) is 0 Å². The van der Waals surface area contributed by atoms with Crippen LogP contribution < -0.4 is 0 Å². The zero-order valence-corrected chi connectivity index (χ0v) is 12.9. The number of aromatic hydroxyl groups is 1. The highest BCUT2D eigenvalue weighted by molar-refractivity contribution is 9.10. The Hall–Kier alpha value is -2.14. The molecule has 0 aliphatic carbocycles. The number of carbonyl (C=O) groups excluding carboxylic acids is 2. The Kier molecular flexibility index (Phi) is 4.75. The Morgan fingerprint density at radius 2 is 1.95 bits per heavy atom. The van der Waals surface area contributed by atoms with E-state index in [1.807, 2.05) is 0 Å². The first-order chi connectivity index (χ1) is 9.97. The van der Waals surface area contributed by atoms with E-state index in [0.717, 1.165) is 10.0 Å². The first-order valence-electron chi connectivity index (χ1n) is 6.23. The Morgan fingerprint density at radius 3 is 2.67 bits per heavy atom. The Labute approximate surface area is 130 Å². The molecule has 21 heavy (non-hydrogen) atoms. The van der Waals surface area contributed by atoms with E-state index >= 15 is 0 Å². The minimum absolute atomic E-state index is 0.0528. The largest absolute Gasteiger partial charge is 0.507 e. The lowest BCUT2D eigenvalue weighted by molar-refractivity contribution is 0.0471. The van der Waals surface area contributed by atoms with Gasteiger partial charge in [-0.3, -0.25) is 4.79 Å². The van der Waals surface area contributed by atoms with Crippen LogP contribution in [0.1, 0.15) is 26.3 Å². The summed E-state index contributed by atoms with van der Waals surface area (Å²) in [5.74, 6) is -1.20. The minimum atomic E-state index is -0.723. The fourth-order valence-electron chi connectivity index (χ4n) is 1.77. The topological polar surface area (TPSA) is 63.6 Å². The van der Waals surface area contributed by atoms with Crippen LogP contribution in [0.5, 0.6) is 5.75 Å². The number of carbonyl (C=O) groups is 2. The number of halogens is 1. The van der Waals surface area contributed by atoms with Crippen molar-refractivity contribution < 1.29 is 19.4 Å². The second-order valence-electron chi connectivity index (χ2n) is 4.53. The second-order valence-corrected chi connectivity index (χ2v) is 5.45.